The highest BCUT2D eigenvalue weighted by atomic mass is 19.2. The Labute approximate surface area is 146 Å². The van der Waals surface area contributed by atoms with Crippen LogP contribution in [0.1, 0.15) is 18.4 Å². The molecule has 5 nitrogen and oxygen atoms in total. The number of aliphatic hydroxyl groups is 1. The first-order valence-electron chi connectivity index (χ1n) is 8.74. The number of carbonyl (C=O) groups excluding carboxylic acids is 1. The van der Waals surface area contributed by atoms with Crippen LogP contribution in [0.25, 0.3) is 0 Å². The molecule has 2 fully saturated rings. The second-order valence-electron chi connectivity index (χ2n) is 7.15. The lowest BCUT2D eigenvalue weighted by Crippen LogP contribution is -2.60. The SMILES string of the molecule is CN1CCN(C[C@]2(O)CCCN(Cc3cccc(F)c3F)C2=O)CC1. The highest BCUT2D eigenvalue weighted by molar-refractivity contribution is 5.86. The molecular weight excluding hydrogens is 328 g/mol. The number of piperidine rings is 1. The first-order chi connectivity index (χ1) is 11.9. The van der Waals surface area contributed by atoms with Gasteiger partial charge < -0.3 is 14.9 Å². The van der Waals surface area contributed by atoms with Crippen LogP contribution in [-0.4, -0.2) is 77.6 Å². The van der Waals surface area contributed by atoms with Crippen LogP contribution in [0.3, 0.4) is 0 Å². The number of halogens is 2. The van der Waals surface area contributed by atoms with Crippen LogP contribution in [0.5, 0.6) is 0 Å². The summed E-state index contributed by atoms with van der Waals surface area (Å²) in [5, 5.41) is 10.9. The molecule has 0 aliphatic carbocycles. The van der Waals surface area contributed by atoms with Crippen LogP contribution in [0, 0.1) is 11.6 Å². The normalized spacial score (nSPS) is 26.2. The van der Waals surface area contributed by atoms with Crippen LogP contribution in [0.4, 0.5) is 8.78 Å². The Morgan fingerprint density at radius 2 is 1.88 bits per heavy atom. The van der Waals surface area contributed by atoms with Crippen LogP contribution in [-0.2, 0) is 11.3 Å². The second kappa shape index (κ2) is 7.35. The van der Waals surface area contributed by atoms with Crippen molar-refractivity contribution < 1.29 is 18.7 Å². The van der Waals surface area contributed by atoms with E-state index in [9.17, 15) is 18.7 Å². The molecule has 0 unspecified atom stereocenters. The molecule has 25 heavy (non-hydrogen) atoms. The molecule has 0 saturated carbocycles. The van der Waals surface area contributed by atoms with Gasteiger partial charge >= 0.3 is 0 Å². The monoisotopic (exact) mass is 353 g/mol. The minimum absolute atomic E-state index is 0.0204. The Bertz CT molecular complexity index is 635. The molecular formula is C18H25F2N3O2. The summed E-state index contributed by atoms with van der Waals surface area (Å²) in [6.07, 6.45) is 1.05. The van der Waals surface area contributed by atoms with E-state index in [1.807, 2.05) is 7.05 Å². The van der Waals surface area contributed by atoms with Gasteiger partial charge in [-0.05, 0) is 26.0 Å². The molecule has 2 heterocycles. The van der Waals surface area contributed by atoms with Gasteiger partial charge in [-0.25, -0.2) is 8.78 Å². The zero-order chi connectivity index (χ0) is 18.0. The average Bonchev–Trinajstić information content (AvgIpc) is 2.58. The van der Waals surface area contributed by atoms with E-state index in [4.69, 9.17) is 0 Å². The summed E-state index contributed by atoms with van der Waals surface area (Å²) in [7, 11) is 2.05. The molecule has 1 amide bonds. The zero-order valence-electron chi connectivity index (χ0n) is 14.5. The fraction of sp³-hybridized carbons (Fsp3) is 0.611. The predicted molar refractivity (Wildman–Crippen MR) is 89.9 cm³/mol. The summed E-state index contributed by atoms with van der Waals surface area (Å²) in [5.41, 5.74) is -1.31. The molecule has 138 valence electrons. The lowest BCUT2D eigenvalue weighted by Gasteiger charge is -2.42. The molecule has 2 aliphatic rings. The Morgan fingerprint density at radius 3 is 2.60 bits per heavy atom. The van der Waals surface area contributed by atoms with E-state index in [2.05, 4.69) is 9.80 Å². The van der Waals surface area contributed by atoms with Crippen molar-refractivity contribution in [1.29, 1.82) is 0 Å². The van der Waals surface area contributed by atoms with E-state index in [1.54, 1.807) is 0 Å². The Balaban J connectivity index is 1.68. The van der Waals surface area contributed by atoms with Gasteiger partial charge in [-0.1, -0.05) is 12.1 Å². The number of benzene rings is 1. The molecule has 7 heteroatoms. The first kappa shape index (κ1) is 18.2. The van der Waals surface area contributed by atoms with Crippen molar-refractivity contribution in [3.8, 4) is 0 Å². The smallest absolute Gasteiger partial charge is 0.256 e. The Kier molecular flexibility index (Phi) is 5.36. The van der Waals surface area contributed by atoms with Crippen molar-refractivity contribution in [2.75, 3.05) is 46.3 Å². The number of hydrogen-bond donors (Lipinski definition) is 1. The molecule has 1 atom stereocenters. The summed E-state index contributed by atoms with van der Waals surface area (Å²) in [5.74, 6) is -2.24. The minimum Gasteiger partial charge on any atom is -0.379 e. The predicted octanol–water partition coefficient (Wildman–Crippen LogP) is 1.07. The maximum Gasteiger partial charge on any atom is 0.256 e. The molecule has 1 aromatic rings. The number of rotatable bonds is 4. The number of amides is 1. The summed E-state index contributed by atoms with van der Waals surface area (Å²) in [4.78, 5) is 18.6. The topological polar surface area (TPSA) is 47.0 Å². The average molecular weight is 353 g/mol. The molecule has 0 aromatic heterocycles. The summed E-state index contributed by atoms with van der Waals surface area (Å²) >= 11 is 0. The van der Waals surface area contributed by atoms with Gasteiger partial charge in [0.1, 0.15) is 0 Å². The van der Waals surface area contributed by atoms with Crippen molar-refractivity contribution in [2.24, 2.45) is 0 Å². The van der Waals surface area contributed by atoms with Crippen molar-refractivity contribution in [1.82, 2.24) is 14.7 Å². The number of carbonyl (C=O) groups is 1. The quantitative estimate of drug-likeness (QED) is 0.880. The van der Waals surface area contributed by atoms with Gasteiger partial charge in [0.25, 0.3) is 5.91 Å². The maximum absolute atomic E-state index is 13.9. The highest BCUT2D eigenvalue weighted by Crippen LogP contribution is 2.26. The number of β-amino-alcohol motifs (C(OH)–C–C–N with tert-alkyl or cyclic N) is 1. The van der Waals surface area contributed by atoms with Crippen molar-refractivity contribution in [3.05, 3.63) is 35.4 Å². The third kappa shape index (κ3) is 3.99. The number of nitrogens with zero attached hydrogens (tertiary/aromatic N) is 3. The summed E-state index contributed by atoms with van der Waals surface area (Å²) in [6, 6.07) is 3.96. The van der Waals surface area contributed by atoms with Gasteiger partial charge in [-0.15, -0.1) is 0 Å². The standard InChI is InChI=1S/C18H25F2N3O2/c1-21-8-10-22(11-9-21)13-18(25)6-3-7-23(17(18)24)12-14-4-2-5-15(19)16(14)20/h2,4-5,25H,3,6-13H2,1H3/t18-/m1/s1. The molecule has 2 saturated heterocycles. The number of likely N-dealkylation sites (tertiary alicyclic amines) is 1. The maximum atomic E-state index is 13.9. The van der Waals surface area contributed by atoms with Gasteiger partial charge in [0.2, 0.25) is 0 Å². The molecule has 1 aromatic carbocycles. The zero-order valence-corrected chi connectivity index (χ0v) is 14.5. The second-order valence-corrected chi connectivity index (χ2v) is 7.15. The van der Waals surface area contributed by atoms with Crippen molar-refractivity contribution in [2.45, 2.75) is 25.0 Å². The van der Waals surface area contributed by atoms with Crippen molar-refractivity contribution >= 4 is 5.91 Å². The first-order valence-corrected chi connectivity index (χ1v) is 8.74. The van der Waals surface area contributed by atoms with Gasteiger partial charge in [-0.2, -0.15) is 0 Å². The fourth-order valence-corrected chi connectivity index (χ4v) is 3.61. The van der Waals surface area contributed by atoms with E-state index in [-0.39, 0.29) is 18.0 Å². The van der Waals surface area contributed by atoms with Crippen LogP contribution >= 0.6 is 0 Å². The van der Waals surface area contributed by atoms with Crippen LogP contribution in [0.2, 0.25) is 0 Å². The Hall–Kier alpha value is -1.57. The lowest BCUT2D eigenvalue weighted by atomic mass is 9.90. The largest absolute Gasteiger partial charge is 0.379 e. The van der Waals surface area contributed by atoms with E-state index < -0.39 is 17.2 Å². The molecule has 2 aliphatic heterocycles. The fourth-order valence-electron chi connectivity index (χ4n) is 3.61. The van der Waals surface area contributed by atoms with Gasteiger partial charge in [0.15, 0.2) is 17.2 Å². The number of likely N-dealkylation sites (N-methyl/N-ethyl adjacent to an activating group) is 1. The van der Waals surface area contributed by atoms with Gasteiger partial charge in [0, 0.05) is 51.4 Å². The third-order valence-electron chi connectivity index (χ3n) is 5.18. The Morgan fingerprint density at radius 1 is 1.16 bits per heavy atom. The van der Waals surface area contributed by atoms with E-state index in [1.165, 1.54) is 17.0 Å². The molecule has 0 bridgehead atoms. The van der Waals surface area contributed by atoms with Crippen LogP contribution < -0.4 is 0 Å². The van der Waals surface area contributed by atoms with Gasteiger partial charge in [-0.3, -0.25) is 9.69 Å². The third-order valence-corrected chi connectivity index (χ3v) is 5.18. The minimum atomic E-state index is -1.45. The van der Waals surface area contributed by atoms with E-state index in [0.29, 0.717) is 25.9 Å². The van der Waals surface area contributed by atoms with Crippen molar-refractivity contribution in [3.63, 3.8) is 0 Å². The number of piperazine rings is 1. The molecule has 0 radical (unpaired) electrons. The molecule has 0 spiro atoms. The molecule has 1 N–H and O–H groups in total. The lowest BCUT2D eigenvalue weighted by molar-refractivity contribution is -0.160. The summed E-state index contributed by atoms with van der Waals surface area (Å²) in [6.45, 7) is 4.15. The number of hydrogen-bond acceptors (Lipinski definition) is 4. The van der Waals surface area contributed by atoms with E-state index >= 15 is 0 Å². The highest BCUT2D eigenvalue weighted by Gasteiger charge is 2.43. The molecule has 3 rings (SSSR count). The van der Waals surface area contributed by atoms with Gasteiger partial charge in [0.05, 0.1) is 0 Å². The van der Waals surface area contributed by atoms with Crippen LogP contribution in [0.15, 0.2) is 18.2 Å². The van der Waals surface area contributed by atoms with E-state index in [0.717, 1.165) is 32.2 Å². The summed E-state index contributed by atoms with van der Waals surface area (Å²) < 4.78 is 27.3.